The van der Waals surface area contributed by atoms with Gasteiger partial charge in [0.25, 0.3) is 0 Å². The molecule has 0 radical (unpaired) electrons. The highest BCUT2D eigenvalue weighted by Crippen LogP contribution is 2.35. The lowest BCUT2D eigenvalue weighted by atomic mass is 9.85. The predicted molar refractivity (Wildman–Crippen MR) is 140 cm³/mol. The maximum atomic E-state index is 13.4. The third kappa shape index (κ3) is 5.42. The Morgan fingerprint density at radius 1 is 1.11 bits per heavy atom. The Labute approximate surface area is 219 Å². The van der Waals surface area contributed by atoms with Gasteiger partial charge in [-0.05, 0) is 92.1 Å². The first-order valence-corrected chi connectivity index (χ1v) is 13.0. The number of nitrogen functional groups attached to an aromatic ring is 1. The molecule has 1 unspecified atom stereocenters. The van der Waals surface area contributed by atoms with E-state index >= 15 is 0 Å². The molecule has 38 heavy (non-hydrogen) atoms. The average molecular weight is 528 g/mol. The zero-order valence-electron chi connectivity index (χ0n) is 21.0. The Morgan fingerprint density at radius 3 is 2.45 bits per heavy atom. The molecule has 2 saturated heterocycles. The van der Waals surface area contributed by atoms with Crippen molar-refractivity contribution in [3.05, 3.63) is 65.1 Å². The molecule has 2 aliphatic rings. The van der Waals surface area contributed by atoms with Crippen LogP contribution in [0.3, 0.4) is 0 Å². The molecule has 4 N–H and O–H groups in total. The number of hydrogen-bond donors (Lipinski definition) is 3. The van der Waals surface area contributed by atoms with Gasteiger partial charge in [0, 0.05) is 31.4 Å². The second kappa shape index (κ2) is 11.2. The van der Waals surface area contributed by atoms with E-state index in [1.807, 2.05) is 12.3 Å². The van der Waals surface area contributed by atoms with Crippen LogP contribution in [0.15, 0.2) is 36.5 Å². The van der Waals surface area contributed by atoms with Crippen LogP contribution in [0.4, 0.5) is 19.0 Å². The number of pyridine rings is 1. The summed E-state index contributed by atoms with van der Waals surface area (Å²) in [5, 5.41) is 10.3. The van der Waals surface area contributed by atoms with Crippen LogP contribution in [0, 0.1) is 23.4 Å². The van der Waals surface area contributed by atoms with Gasteiger partial charge in [-0.3, -0.25) is 9.69 Å². The van der Waals surface area contributed by atoms with Gasteiger partial charge >= 0.3 is 0 Å². The lowest BCUT2D eigenvalue weighted by molar-refractivity contribution is -0.127. The number of amides is 1. The number of likely N-dealkylation sites (tertiary alicyclic amines) is 2. The van der Waals surface area contributed by atoms with E-state index < -0.39 is 17.5 Å². The molecule has 3 aromatic rings. The fourth-order valence-corrected chi connectivity index (χ4v) is 5.90. The van der Waals surface area contributed by atoms with Crippen LogP contribution in [-0.2, 0) is 4.79 Å². The summed E-state index contributed by atoms with van der Waals surface area (Å²) in [7, 11) is 0. The van der Waals surface area contributed by atoms with Crippen LogP contribution in [0.5, 0.6) is 0 Å². The Hall–Kier alpha value is -3.37. The van der Waals surface area contributed by atoms with Crippen molar-refractivity contribution >= 4 is 28.8 Å². The van der Waals surface area contributed by atoms with Crippen molar-refractivity contribution in [2.75, 3.05) is 38.5 Å². The number of carbonyl (C=O) groups excluding carboxylic acids is 1. The smallest absolute Gasteiger partial charge is 0.246 e. The summed E-state index contributed by atoms with van der Waals surface area (Å²) in [6.45, 7) is 2.88. The van der Waals surface area contributed by atoms with Crippen LogP contribution in [-0.4, -0.2) is 69.6 Å². The minimum atomic E-state index is -1.53. The van der Waals surface area contributed by atoms with Gasteiger partial charge in [-0.25, -0.2) is 18.2 Å². The largest absolute Gasteiger partial charge is 0.395 e. The van der Waals surface area contributed by atoms with Crippen LogP contribution in [0.2, 0.25) is 0 Å². The van der Waals surface area contributed by atoms with Crippen molar-refractivity contribution < 1.29 is 23.1 Å². The first-order chi connectivity index (χ1) is 18.3. The molecule has 0 aliphatic carbocycles. The molecule has 0 spiro atoms. The fourth-order valence-electron chi connectivity index (χ4n) is 5.90. The molecule has 10 heteroatoms. The Bertz CT molecular complexity index is 1300. The number of aromatic amines is 1. The molecule has 1 atom stereocenters. The lowest BCUT2D eigenvalue weighted by Crippen LogP contribution is -2.50. The normalized spacial score (nSPS) is 19.0. The topological polar surface area (TPSA) is 98.5 Å². The third-order valence-corrected chi connectivity index (χ3v) is 8.02. The van der Waals surface area contributed by atoms with E-state index in [4.69, 9.17) is 5.73 Å². The molecule has 202 valence electrons. The quantitative estimate of drug-likeness (QED) is 0.332. The summed E-state index contributed by atoms with van der Waals surface area (Å²) in [5.74, 6) is -3.22. The highest BCUT2D eigenvalue weighted by Gasteiger charge is 2.34. The molecule has 1 aromatic carbocycles. The monoisotopic (exact) mass is 527 g/mol. The average Bonchev–Trinajstić information content (AvgIpc) is 3.34. The second-order valence-corrected chi connectivity index (χ2v) is 10.2. The summed E-state index contributed by atoms with van der Waals surface area (Å²) in [5.41, 5.74) is 9.10. The third-order valence-electron chi connectivity index (χ3n) is 8.02. The summed E-state index contributed by atoms with van der Waals surface area (Å²) in [6, 6.07) is 5.49. The Morgan fingerprint density at radius 2 is 1.79 bits per heavy atom. The molecule has 7 nitrogen and oxygen atoms in total. The summed E-state index contributed by atoms with van der Waals surface area (Å²) >= 11 is 0. The SMILES string of the molecule is Nc1ccc2[nH]cc(C3CCN(C(CO)C4CCN(C(=O)/C=C/c5cc(F)c(F)c(F)c5)CC4)CC3)c2n1. The zero-order chi connectivity index (χ0) is 26.8. The van der Waals surface area contributed by atoms with Gasteiger partial charge < -0.3 is 20.7 Å². The van der Waals surface area contributed by atoms with E-state index in [1.165, 1.54) is 17.7 Å². The number of H-pyrrole nitrogens is 1. The van der Waals surface area contributed by atoms with Gasteiger partial charge in [0.1, 0.15) is 5.82 Å². The van der Waals surface area contributed by atoms with E-state index in [-0.39, 0.29) is 30.0 Å². The standard InChI is InChI=1S/C28H32F3N5O2/c29-21-13-17(14-22(30)27(21)31)1-4-26(38)36-11-7-19(8-12-36)24(16-37)35-9-5-18(6-10-35)20-15-33-23-2-3-25(32)34-28(20)23/h1-4,13-15,18-19,24,33,37H,5-12,16H2,(H2,32,34)/b4-1+. The summed E-state index contributed by atoms with van der Waals surface area (Å²) in [6.07, 6.45) is 8.03. The van der Waals surface area contributed by atoms with Crippen molar-refractivity contribution in [3.63, 3.8) is 0 Å². The van der Waals surface area contributed by atoms with Crippen LogP contribution in [0.25, 0.3) is 17.1 Å². The highest BCUT2D eigenvalue weighted by atomic mass is 19.2. The predicted octanol–water partition coefficient (Wildman–Crippen LogP) is 4.05. The number of nitrogens with two attached hydrogens (primary N) is 1. The first kappa shape index (κ1) is 26.2. The van der Waals surface area contributed by atoms with Crippen molar-refractivity contribution in [2.45, 2.75) is 37.6 Å². The molecule has 2 fully saturated rings. The maximum Gasteiger partial charge on any atom is 0.246 e. The molecule has 5 rings (SSSR count). The number of fused-ring (bicyclic) bond motifs is 1. The minimum Gasteiger partial charge on any atom is -0.395 e. The Balaban J connectivity index is 1.14. The van der Waals surface area contributed by atoms with E-state index in [0.29, 0.717) is 24.8 Å². The fraction of sp³-hybridized carbons (Fsp3) is 0.429. The number of piperidine rings is 2. The number of aromatic nitrogens is 2. The van der Waals surface area contributed by atoms with Gasteiger partial charge in [0.15, 0.2) is 17.5 Å². The number of nitrogens with zero attached hydrogens (tertiary/aromatic N) is 3. The second-order valence-electron chi connectivity index (χ2n) is 10.2. The molecule has 2 aliphatic heterocycles. The van der Waals surface area contributed by atoms with E-state index in [2.05, 4.69) is 14.9 Å². The maximum absolute atomic E-state index is 13.4. The Kier molecular flexibility index (Phi) is 7.71. The number of rotatable bonds is 6. The highest BCUT2D eigenvalue weighted by molar-refractivity contribution is 5.91. The number of anilines is 1. The van der Waals surface area contributed by atoms with Crippen molar-refractivity contribution in [1.29, 1.82) is 0 Å². The number of aliphatic hydroxyl groups is 1. The molecule has 1 amide bonds. The number of benzene rings is 1. The van der Waals surface area contributed by atoms with Gasteiger partial charge in [-0.1, -0.05) is 0 Å². The van der Waals surface area contributed by atoms with Gasteiger partial charge in [-0.2, -0.15) is 0 Å². The molecular weight excluding hydrogens is 495 g/mol. The number of nitrogens with one attached hydrogen (secondary N) is 1. The molecule has 2 aromatic heterocycles. The first-order valence-electron chi connectivity index (χ1n) is 13.0. The minimum absolute atomic E-state index is 0.0330. The lowest BCUT2D eigenvalue weighted by Gasteiger charge is -2.43. The number of aliphatic hydroxyl groups excluding tert-OH is 1. The zero-order valence-corrected chi connectivity index (χ0v) is 21.0. The number of carbonyl (C=O) groups is 1. The van der Waals surface area contributed by atoms with Gasteiger partial charge in [0.05, 0.1) is 17.6 Å². The van der Waals surface area contributed by atoms with E-state index in [1.54, 1.807) is 11.0 Å². The van der Waals surface area contributed by atoms with Crippen LogP contribution < -0.4 is 5.73 Å². The van der Waals surface area contributed by atoms with Crippen molar-refractivity contribution in [1.82, 2.24) is 19.8 Å². The summed E-state index contributed by atoms with van der Waals surface area (Å²) < 4.78 is 40.0. The van der Waals surface area contributed by atoms with Crippen molar-refractivity contribution in [3.8, 4) is 0 Å². The molecule has 0 saturated carbocycles. The van der Waals surface area contributed by atoms with E-state index in [9.17, 15) is 23.1 Å². The molecule has 4 heterocycles. The molecule has 0 bridgehead atoms. The van der Waals surface area contributed by atoms with Crippen molar-refractivity contribution in [2.24, 2.45) is 5.92 Å². The van der Waals surface area contributed by atoms with Crippen LogP contribution >= 0.6 is 0 Å². The van der Waals surface area contributed by atoms with Gasteiger partial charge in [-0.15, -0.1) is 0 Å². The van der Waals surface area contributed by atoms with Crippen LogP contribution in [0.1, 0.15) is 42.7 Å². The van der Waals surface area contributed by atoms with E-state index in [0.717, 1.165) is 61.9 Å². The summed E-state index contributed by atoms with van der Waals surface area (Å²) in [4.78, 5) is 24.5. The number of halogens is 3. The molecular formula is C28H32F3N5O2. The number of hydrogen-bond acceptors (Lipinski definition) is 5. The van der Waals surface area contributed by atoms with Gasteiger partial charge in [0.2, 0.25) is 5.91 Å².